The summed E-state index contributed by atoms with van der Waals surface area (Å²) >= 11 is 0. The molecule has 0 bridgehead atoms. The summed E-state index contributed by atoms with van der Waals surface area (Å²) in [6.07, 6.45) is 7.08. The molecule has 1 aliphatic carbocycles. The van der Waals surface area contributed by atoms with Gasteiger partial charge >= 0.3 is 0 Å². The number of amides is 2. The molecule has 1 aromatic heterocycles. The molecule has 2 heterocycles. The zero-order chi connectivity index (χ0) is 21.4. The van der Waals surface area contributed by atoms with Crippen molar-refractivity contribution in [2.75, 3.05) is 5.32 Å². The lowest BCUT2D eigenvalue weighted by atomic mass is 9.84. The van der Waals surface area contributed by atoms with E-state index in [4.69, 9.17) is 5.73 Å². The van der Waals surface area contributed by atoms with Crippen LogP contribution in [0.15, 0.2) is 47.6 Å². The summed E-state index contributed by atoms with van der Waals surface area (Å²) in [6.45, 7) is 0. The summed E-state index contributed by atoms with van der Waals surface area (Å²) in [5.74, 6) is -0.317. The van der Waals surface area contributed by atoms with Gasteiger partial charge in [0, 0.05) is 22.2 Å². The molecule has 166 valence electrons. The maximum absolute atomic E-state index is 12.8. The van der Waals surface area contributed by atoms with E-state index in [2.05, 4.69) is 20.8 Å². The molecule has 0 spiro atoms. The molecule has 1 saturated carbocycles. The van der Waals surface area contributed by atoms with E-state index in [9.17, 15) is 9.59 Å². The number of nitrogens with one attached hydrogen (secondary N) is 3. The number of carbonyl (C=O) groups is 2. The molecule has 0 saturated heterocycles. The third-order valence-corrected chi connectivity index (χ3v) is 6.33. The Bertz CT molecular complexity index is 1180. The molecule has 1 fully saturated rings. The van der Waals surface area contributed by atoms with Crippen LogP contribution in [-0.4, -0.2) is 29.1 Å². The predicted molar refractivity (Wildman–Crippen MR) is 129 cm³/mol. The number of H-pyrrole nitrogens is 1. The topological polar surface area (TPSA) is 112 Å². The second-order valence-electron chi connectivity index (χ2n) is 8.34. The Morgan fingerprint density at radius 3 is 2.62 bits per heavy atom. The molecule has 0 unspecified atom stereocenters. The maximum Gasteiger partial charge on any atom is 0.272 e. The van der Waals surface area contributed by atoms with Crippen molar-refractivity contribution < 1.29 is 9.59 Å². The summed E-state index contributed by atoms with van der Waals surface area (Å²) in [5.41, 5.74) is 13.3. The fraction of sp³-hybridized carbons (Fsp3) is 0.292. The van der Waals surface area contributed by atoms with E-state index < -0.39 is 6.04 Å². The number of aromatic nitrogens is 1. The Hall–Kier alpha value is -3.16. The number of nitrogens with zero attached hydrogens (tertiary/aromatic N) is 1. The summed E-state index contributed by atoms with van der Waals surface area (Å²) in [4.78, 5) is 28.9. The molecule has 2 aromatic carbocycles. The van der Waals surface area contributed by atoms with Crippen LogP contribution in [0, 0.1) is 5.92 Å². The molecule has 2 aliphatic rings. The van der Waals surface area contributed by atoms with Crippen LogP contribution >= 0.6 is 12.4 Å². The predicted octanol–water partition coefficient (Wildman–Crippen LogP) is 4.18. The standard InChI is InChI=1S/C24H25N5O2.ClH/c25-21(14-7-3-1-4-8-14)24(31)27-16-11-17-20-18(13-26-29-23(17)30)22(28-19(20)12-16)15-9-5-2-6-10-15;/h2,5-6,9-14,21,28H,1,3-4,7-8,25H2,(H,27,31)(H,29,30);1H/t21-;/m1./s1. The van der Waals surface area contributed by atoms with Crippen LogP contribution in [0.3, 0.4) is 0 Å². The highest BCUT2D eigenvalue weighted by molar-refractivity contribution is 6.18. The monoisotopic (exact) mass is 451 g/mol. The lowest BCUT2D eigenvalue weighted by molar-refractivity contribution is -0.118. The van der Waals surface area contributed by atoms with Crippen LogP contribution in [-0.2, 0) is 4.79 Å². The van der Waals surface area contributed by atoms with Gasteiger partial charge in [-0.3, -0.25) is 9.59 Å². The number of halogens is 1. The molecular formula is C24H26ClN5O2. The average molecular weight is 452 g/mol. The molecule has 5 N–H and O–H groups in total. The number of nitrogens with two attached hydrogens (primary N) is 1. The van der Waals surface area contributed by atoms with Crippen molar-refractivity contribution in [1.29, 1.82) is 0 Å². The van der Waals surface area contributed by atoms with Crippen LogP contribution in [0.1, 0.15) is 48.0 Å². The van der Waals surface area contributed by atoms with Gasteiger partial charge in [-0.05, 0) is 36.5 Å². The Labute approximate surface area is 192 Å². The Morgan fingerprint density at radius 2 is 1.88 bits per heavy atom. The highest BCUT2D eigenvalue weighted by Crippen LogP contribution is 2.34. The third kappa shape index (κ3) is 4.01. The number of anilines is 1. The van der Waals surface area contributed by atoms with Gasteiger partial charge in [0.15, 0.2) is 0 Å². The first-order valence-corrected chi connectivity index (χ1v) is 10.8. The third-order valence-electron chi connectivity index (χ3n) is 6.33. The fourth-order valence-electron chi connectivity index (χ4n) is 4.72. The van der Waals surface area contributed by atoms with Gasteiger partial charge in [0.2, 0.25) is 5.91 Å². The van der Waals surface area contributed by atoms with Gasteiger partial charge in [-0.2, -0.15) is 5.10 Å². The highest BCUT2D eigenvalue weighted by Gasteiger charge is 2.27. The molecule has 2 amide bonds. The van der Waals surface area contributed by atoms with Gasteiger partial charge in [-0.1, -0.05) is 49.6 Å². The lowest BCUT2D eigenvalue weighted by Crippen LogP contribution is -2.42. The Morgan fingerprint density at radius 1 is 1.12 bits per heavy atom. The number of rotatable bonds is 4. The van der Waals surface area contributed by atoms with E-state index >= 15 is 0 Å². The van der Waals surface area contributed by atoms with Gasteiger partial charge in [0.25, 0.3) is 5.91 Å². The first-order chi connectivity index (χ1) is 15.1. The summed E-state index contributed by atoms with van der Waals surface area (Å²) < 4.78 is 0. The largest absolute Gasteiger partial charge is 0.354 e. The van der Waals surface area contributed by atoms with E-state index in [1.807, 2.05) is 36.4 Å². The molecule has 5 rings (SSSR count). The molecule has 32 heavy (non-hydrogen) atoms. The minimum Gasteiger partial charge on any atom is -0.354 e. The van der Waals surface area contributed by atoms with Crippen molar-refractivity contribution >= 4 is 47.0 Å². The summed E-state index contributed by atoms with van der Waals surface area (Å²) in [5, 5.41) is 7.80. The molecule has 8 heteroatoms. The average Bonchev–Trinajstić information content (AvgIpc) is 3.08. The van der Waals surface area contributed by atoms with Crippen molar-refractivity contribution in [3.63, 3.8) is 0 Å². The van der Waals surface area contributed by atoms with E-state index in [-0.39, 0.29) is 30.1 Å². The molecule has 0 radical (unpaired) electrons. The van der Waals surface area contributed by atoms with Crippen LogP contribution in [0.5, 0.6) is 0 Å². The SMILES string of the molecule is Cl.N[C@@H](C(=O)Nc1cc2c3c(c(-c4ccccc4)[nH]c3c1)C=NNC2=O)C1CCCCC1. The summed E-state index contributed by atoms with van der Waals surface area (Å²) in [7, 11) is 0. The van der Waals surface area contributed by atoms with E-state index in [1.54, 1.807) is 12.3 Å². The quantitative estimate of drug-likeness (QED) is 0.477. The molecular weight excluding hydrogens is 426 g/mol. The first kappa shape index (κ1) is 22.0. The molecule has 7 nitrogen and oxygen atoms in total. The van der Waals surface area contributed by atoms with Gasteiger partial charge in [0.05, 0.1) is 23.5 Å². The van der Waals surface area contributed by atoms with Crippen LogP contribution < -0.4 is 16.5 Å². The highest BCUT2D eigenvalue weighted by atomic mass is 35.5. The summed E-state index contributed by atoms with van der Waals surface area (Å²) in [6, 6.07) is 12.9. The lowest BCUT2D eigenvalue weighted by Gasteiger charge is -2.26. The smallest absolute Gasteiger partial charge is 0.272 e. The molecule has 1 aliphatic heterocycles. The van der Waals surface area contributed by atoms with Crippen LogP contribution in [0.2, 0.25) is 0 Å². The van der Waals surface area contributed by atoms with E-state index in [0.717, 1.165) is 53.4 Å². The zero-order valence-corrected chi connectivity index (χ0v) is 18.4. The minimum absolute atomic E-state index is 0. The Kier molecular flexibility index (Phi) is 6.30. The number of hydrogen-bond donors (Lipinski definition) is 4. The van der Waals surface area contributed by atoms with Gasteiger partial charge in [-0.25, -0.2) is 5.43 Å². The van der Waals surface area contributed by atoms with Gasteiger partial charge in [-0.15, -0.1) is 12.4 Å². The van der Waals surface area contributed by atoms with Gasteiger partial charge in [0.1, 0.15) is 0 Å². The number of hydrazone groups is 1. The zero-order valence-electron chi connectivity index (χ0n) is 17.6. The van der Waals surface area contributed by atoms with Crippen molar-refractivity contribution in [3.05, 3.63) is 53.6 Å². The van der Waals surface area contributed by atoms with Crippen molar-refractivity contribution in [2.45, 2.75) is 38.1 Å². The fourth-order valence-corrected chi connectivity index (χ4v) is 4.72. The second-order valence-corrected chi connectivity index (χ2v) is 8.34. The van der Waals surface area contributed by atoms with Crippen molar-refractivity contribution in [2.24, 2.45) is 16.8 Å². The van der Waals surface area contributed by atoms with Crippen molar-refractivity contribution in [3.8, 4) is 11.3 Å². The van der Waals surface area contributed by atoms with E-state index in [1.165, 1.54) is 6.42 Å². The minimum atomic E-state index is -0.550. The second kappa shape index (κ2) is 9.14. The Balaban J connectivity index is 0.00000245. The molecule has 1 atom stereocenters. The van der Waals surface area contributed by atoms with Crippen LogP contribution in [0.4, 0.5) is 5.69 Å². The number of aromatic amines is 1. The normalized spacial score (nSPS) is 16.7. The first-order valence-electron chi connectivity index (χ1n) is 10.8. The van der Waals surface area contributed by atoms with E-state index in [0.29, 0.717) is 11.3 Å². The number of carbonyl (C=O) groups excluding carboxylic acids is 2. The number of hydrogen-bond acceptors (Lipinski definition) is 4. The molecule has 3 aromatic rings. The maximum atomic E-state index is 12.8. The van der Waals surface area contributed by atoms with Crippen LogP contribution in [0.25, 0.3) is 22.2 Å². The van der Waals surface area contributed by atoms with Crippen molar-refractivity contribution in [1.82, 2.24) is 10.4 Å². The number of benzene rings is 2. The van der Waals surface area contributed by atoms with Gasteiger partial charge < -0.3 is 16.0 Å².